The van der Waals surface area contributed by atoms with Crippen LogP contribution in [0.25, 0.3) is 0 Å². The molecule has 0 aliphatic carbocycles. The Bertz CT molecular complexity index is 78.5. The van der Waals surface area contributed by atoms with Crippen LogP contribution in [0.2, 0.25) is 0 Å². The van der Waals surface area contributed by atoms with Gasteiger partial charge in [0.05, 0.1) is 0 Å². The summed E-state index contributed by atoms with van der Waals surface area (Å²) >= 11 is 3.65. The minimum Gasteiger partial charge on any atom is -0.459 e. The fourth-order valence-corrected chi connectivity index (χ4v) is 0. The Balaban J connectivity index is 0. The van der Waals surface area contributed by atoms with Gasteiger partial charge in [-0.3, -0.25) is 0 Å². The molecule has 0 aromatic carbocycles. The van der Waals surface area contributed by atoms with Gasteiger partial charge in [0.25, 0.3) is 0 Å². The number of hydrogen-bond acceptors (Lipinski definition) is 4. The van der Waals surface area contributed by atoms with Crippen LogP contribution in [0.3, 0.4) is 0 Å². The van der Waals surface area contributed by atoms with Crippen LogP contribution in [0.1, 0.15) is 6.92 Å². The van der Waals surface area contributed by atoms with E-state index in [2.05, 4.69) is 15.9 Å². The van der Waals surface area contributed by atoms with Crippen molar-refractivity contribution in [2.24, 2.45) is 0 Å². The molecule has 52 valence electrons. The lowest BCUT2D eigenvalue weighted by Gasteiger charge is -1.76. The third-order valence-corrected chi connectivity index (χ3v) is 0.289. The molecular formula is C3H9O3S2-. The molecule has 3 nitrogen and oxygen atoms in total. The molecule has 0 amide bonds. The molecule has 0 fully saturated rings. The van der Waals surface area contributed by atoms with Crippen LogP contribution >= 0.6 is 0 Å². The van der Waals surface area contributed by atoms with E-state index in [1.54, 1.807) is 7.11 Å². The van der Waals surface area contributed by atoms with Crippen molar-refractivity contribution in [3.8, 4) is 0 Å². The largest absolute Gasteiger partial charge is 0.459 e. The summed E-state index contributed by atoms with van der Waals surface area (Å²) in [7, 11) is -0.347. The Morgan fingerprint density at radius 3 is 2.00 bits per heavy atom. The highest BCUT2D eigenvalue weighted by Gasteiger charge is 1.51. The number of rotatable bonds is 1. The summed E-state index contributed by atoms with van der Waals surface area (Å²) in [4.78, 5) is 0. The molecule has 0 aromatic rings. The third kappa shape index (κ3) is 106. The molecule has 0 aromatic heterocycles. The summed E-state index contributed by atoms with van der Waals surface area (Å²) < 4.78 is 20.8. The molecule has 8 heavy (non-hydrogen) atoms. The monoisotopic (exact) mass is 157 g/mol. The molecule has 0 aliphatic heterocycles. The minimum atomic E-state index is -2.03. The van der Waals surface area contributed by atoms with Crippen LogP contribution in [-0.4, -0.2) is 18.3 Å². The first-order valence-electron chi connectivity index (χ1n) is 1.92. The smallest absolute Gasteiger partial charge is 0.0433 e. The number of methoxy groups -OCH3 is 1. The van der Waals surface area contributed by atoms with Crippen LogP contribution < -0.4 is 0 Å². The van der Waals surface area contributed by atoms with Gasteiger partial charge in [0.1, 0.15) is 0 Å². The topological polar surface area (TPSA) is 46.5 Å². The fourth-order valence-electron chi connectivity index (χ4n) is 0. The second kappa shape index (κ2) is 10.3. The van der Waals surface area contributed by atoms with Crippen molar-refractivity contribution in [1.29, 1.82) is 0 Å². The summed E-state index contributed by atoms with van der Waals surface area (Å²) in [6, 6.07) is 0. The second-order valence-electron chi connectivity index (χ2n) is 0.794. The van der Waals surface area contributed by atoms with Crippen molar-refractivity contribution in [3.05, 3.63) is 0 Å². The standard InChI is InChI=1S/C3H8O.HO2S2/c1-3-4-2;1-4(2)3/h3H2,1-2H3;(H,1,2,3)/q;-1. The van der Waals surface area contributed by atoms with Crippen LogP contribution in [0.15, 0.2) is 0 Å². The van der Waals surface area contributed by atoms with Crippen molar-refractivity contribution in [3.63, 3.8) is 0 Å². The van der Waals surface area contributed by atoms with Crippen molar-refractivity contribution in [2.45, 2.75) is 6.92 Å². The molecule has 5 heteroatoms. The highest BCUT2D eigenvalue weighted by Crippen LogP contribution is 1.52. The minimum absolute atomic E-state index is 0.819. The first-order valence-corrected chi connectivity index (χ1v) is 3.95. The average molecular weight is 157 g/mol. The molecule has 0 atom stereocenters. The molecule has 0 spiro atoms. The maximum absolute atomic E-state index is 8.93. The maximum Gasteiger partial charge on any atom is 0.0433 e. The van der Waals surface area contributed by atoms with Crippen LogP contribution in [0, 0.1) is 0 Å². The molecule has 0 heterocycles. The molecule has 0 aliphatic rings. The van der Waals surface area contributed by atoms with Crippen LogP contribution in [-0.2, 0) is 29.8 Å². The van der Waals surface area contributed by atoms with Gasteiger partial charge in [0, 0.05) is 13.7 Å². The zero-order chi connectivity index (χ0) is 6.99. The quantitative estimate of drug-likeness (QED) is 0.446. The summed E-state index contributed by atoms with van der Waals surface area (Å²) in [5.41, 5.74) is 0. The highest BCUT2D eigenvalue weighted by molar-refractivity contribution is 8.18. The Morgan fingerprint density at radius 1 is 1.88 bits per heavy atom. The van der Waals surface area contributed by atoms with E-state index < -0.39 is 9.64 Å². The van der Waals surface area contributed by atoms with Gasteiger partial charge in [0.2, 0.25) is 0 Å². The van der Waals surface area contributed by atoms with Gasteiger partial charge in [-0.25, -0.2) is 11.2 Å². The molecule has 0 saturated heterocycles. The lowest BCUT2D eigenvalue weighted by atomic mass is 10.9. The van der Waals surface area contributed by atoms with E-state index >= 15 is 0 Å². The Morgan fingerprint density at radius 2 is 2.00 bits per heavy atom. The molecule has 0 unspecified atom stereocenters. The van der Waals surface area contributed by atoms with Gasteiger partial charge in [-0.2, -0.15) is 0 Å². The summed E-state index contributed by atoms with van der Waals surface area (Å²) in [5, 5.41) is 0. The van der Waals surface area contributed by atoms with Gasteiger partial charge in [-0.15, -0.1) is 0 Å². The predicted molar refractivity (Wildman–Crippen MR) is 35.6 cm³/mol. The zero-order valence-electron chi connectivity index (χ0n) is 4.79. The van der Waals surface area contributed by atoms with Crippen LogP contribution in [0.4, 0.5) is 0 Å². The molecule has 0 bridgehead atoms. The number of hydrogen-bond donors (Lipinski definition) is 1. The van der Waals surface area contributed by atoms with E-state index in [9.17, 15) is 0 Å². The molecule has 0 rings (SSSR count). The Kier molecular flexibility index (Phi) is 14.3. The summed E-state index contributed by atoms with van der Waals surface area (Å²) in [6.45, 7) is 2.78. The lowest BCUT2D eigenvalue weighted by Crippen LogP contribution is -1.73. The van der Waals surface area contributed by atoms with Crippen molar-refractivity contribution < 1.29 is 13.5 Å². The van der Waals surface area contributed by atoms with Gasteiger partial charge in [0.15, 0.2) is 0 Å². The summed E-state index contributed by atoms with van der Waals surface area (Å²) in [6.07, 6.45) is 0. The second-order valence-corrected chi connectivity index (χ2v) is 2.08. The first kappa shape index (κ1) is 11.1. The normalized spacial score (nSPS) is 8.00. The molecule has 0 saturated carbocycles. The van der Waals surface area contributed by atoms with E-state index in [0.717, 1.165) is 6.61 Å². The lowest BCUT2D eigenvalue weighted by molar-refractivity contribution is 0.215. The molecular weight excluding hydrogens is 148 g/mol. The third-order valence-electron chi connectivity index (χ3n) is 0.289. The van der Waals surface area contributed by atoms with Crippen molar-refractivity contribution >= 4 is 20.8 Å². The van der Waals surface area contributed by atoms with E-state index in [1.165, 1.54) is 0 Å². The Labute approximate surface area is 55.6 Å². The van der Waals surface area contributed by atoms with Crippen molar-refractivity contribution in [2.75, 3.05) is 13.7 Å². The molecule has 0 radical (unpaired) electrons. The zero-order valence-corrected chi connectivity index (χ0v) is 6.42. The van der Waals surface area contributed by atoms with Crippen LogP contribution in [0.5, 0.6) is 0 Å². The van der Waals surface area contributed by atoms with Crippen molar-refractivity contribution in [1.82, 2.24) is 0 Å². The average Bonchev–Trinajstić information content (AvgIpc) is 1.65. The van der Waals surface area contributed by atoms with E-state index in [-0.39, 0.29) is 0 Å². The van der Waals surface area contributed by atoms with E-state index in [1.807, 2.05) is 6.92 Å². The summed E-state index contributed by atoms with van der Waals surface area (Å²) in [5.74, 6) is 0. The SMILES string of the molecule is CCOC.O=[S-](O)=S. The number of ether oxygens (including phenoxy) is 1. The van der Waals surface area contributed by atoms with E-state index in [0.29, 0.717) is 0 Å². The maximum atomic E-state index is 8.93. The van der Waals surface area contributed by atoms with E-state index in [4.69, 9.17) is 8.76 Å². The first-order chi connectivity index (χ1) is 3.65. The highest BCUT2D eigenvalue weighted by atomic mass is 32.8. The fraction of sp³-hybridized carbons (Fsp3) is 1.00. The predicted octanol–water partition coefficient (Wildman–Crippen LogP) is 0.538. The van der Waals surface area contributed by atoms with Gasteiger partial charge < -0.3 is 13.5 Å². The van der Waals surface area contributed by atoms with Gasteiger partial charge in [-0.1, -0.05) is 9.64 Å². The van der Waals surface area contributed by atoms with Gasteiger partial charge >= 0.3 is 0 Å². The molecule has 1 N–H and O–H groups in total. The Hall–Kier alpha value is 0.290. The van der Waals surface area contributed by atoms with Gasteiger partial charge in [-0.05, 0) is 6.92 Å².